The first-order valence-electron chi connectivity index (χ1n) is 5.16. The van der Waals surface area contributed by atoms with E-state index in [1.165, 1.54) is 25.1 Å². The molecule has 0 radical (unpaired) electrons. The van der Waals surface area contributed by atoms with Crippen LogP contribution in [0, 0.1) is 0 Å². The Hall–Kier alpha value is -1.40. The molecule has 7 heteroatoms. The summed E-state index contributed by atoms with van der Waals surface area (Å²) in [5, 5.41) is 0.203. The first-order valence-corrected chi connectivity index (χ1v) is 5.54. The van der Waals surface area contributed by atoms with Gasteiger partial charge in [-0.3, -0.25) is 0 Å². The van der Waals surface area contributed by atoms with E-state index in [-0.39, 0.29) is 22.9 Å². The van der Waals surface area contributed by atoms with Crippen LogP contribution < -0.4 is 11.5 Å². The van der Waals surface area contributed by atoms with Gasteiger partial charge in [0, 0.05) is 10.7 Å². The average Bonchev–Trinajstić information content (AvgIpc) is 2.31. The fraction of sp³-hybridized carbons (Fsp3) is 0.364. The minimum absolute atomic E-state index is 0.0378. The maximum Gasteiger partial charge on any atom is 0.379 e. The van der Waals surface area contributed by atoms with Gasteiger partial charge in [0.25, 0.3) is 0 Å². The number of ether oxygens (including phenoxy) is 1. The average molecular weight is 279 g/mol. The molecule has 0 saturated heterocycles. The van der Waals surface area contributed by atoms with Crippen molar-refractivity contribution in [1.29, 1.82) is 0 Å². The van der Waals surface area contributed by atoms with Gasteiger partial charge in [0.05, 0.1) is 6.61 Å². The smallest absolute Gasteiger partial charge is 0.379 e. The molecule has 4 N–H and O–H groups in total. The molecule has 1 atom stereocenters. The Bertz CT molecular complexity index is 455. The minimum atomic E-state index is -3.87. The first kappa shape index (κ1) is 14.7. The molecule has 0 aromatic heterocycles. The maximum absolute atomic E-state index is 13.7. The molecular formula is C11H13ClF2N2O2. The van der Waals surface area contributed by atoms with Crippen molar-refractivity contribution in [2.45, 2.75) is 18.9 Å². The van der Waals surface area contributed by atoms with Gasteiger partial charge in [-0.05, 0) is 30.7 Å². The molecule has 1 rings (SSSR count). The highest BCUT2D eigenvalue weighted by Crippen LogP contribution is 2.34. The highest BCUT2D eigenvalue weighted by atomic mass is 35.5. The van der Waals surface area contributed by atoms with E-state index in [1.54, 1.807) is 0 Å². The zero-order valence-electron chi connectivity index (χ0n) is 9.62. The Kier molecular flexibility index (Phi) is 4.48. The van der Waals surface area contributed by atoms with Crippen molar-refractivity contribution in [1.82, 2.24) is 0 Å². The number of anilines is 1. The van der Waals surface area contributed by atoms with Crippen LogP contribution in [-0.2, 0) is 9.53 Å². The zero-order chi connectivity index (χ0) is 13.9. The van der Waals surface area contributed by atoms with Gasteiger partial charge in [0.15, 0.2) is 0 Å². The number of hydrogen-bond acceptors (Lipinski definition) is 4. The number of alkyl halides is 2. The molecular weight excluding hydrogens is 266 g/mol. The van der Waals surface area contributed by atoms with Crippen molar-refractivity contribution < 1.29 is 18.3 Å². The SMILES string of the molecule is CCOC(=O)C(F)(F)[C@@H](N)c1cc(Cl)ccc1N. The number of carbonyl (C=O) groups excluding carboxylic acids is 1. The predicted molar refractivity (Wildman–Crippen MR) is 64.4 cm³/mol. The standard InChI is InChI=1S/C11H13ClF2N2O2/c1-2-18-10(17)11(13,14)9(16)7-5-6(12)3-4-8(7)15/h3-5,9H,2,15-16H2,1H3/t9-/m0/s1. The quantitative estimate of drug-likeness (QED) is 0.653. The topological polar surface area (TPSA) is 78.3 Å². The van der Waals surface area contributed by atoms with E-state index in [0.717, 1.165) is 0 Å². The first-order chi connectivity index (χ1) is 8.30. The summed E-state index contributed by atoms with van der Waals surface area (Å²) < 4.78 is 31.7. The molecule has 0 spiro atoms. The van der Waals surface area contributed by atoms with Gasteiger partial charge in [0.1, 0.15) is 6.04 Å². The number of rotatable bonds is 4. The summed E-state index contributed by atoms with van der Waals surface area (Å²) in [5.41, 5.74) is 10.9. The molecule has 0 aliphatic heterocycles. The van der Waals surface area contributed by atoms with E-state index in [9.17, 15) is 13.6 Å². The molecule has 0 heterocycles. The predicted octanol–water partition coefficient (Wildman–Crippen LogP) is 2.12. The highest BCUT2D eigenvalue weighted by molar-refractivity contribution is 6.30. The van der Waals surface area contributed by atoms with Crippen molar-refractivity contribution in [3.8, 4) is 0 Å². The number of benzene rings is 1. The van der Waals surface area contributed by atoms with Crippen LogP contribution in [0.3, 0.4) is 0 Å². The van der Waals surface area contributed by atoms with Crippen molar-refractivity contribution in [3.05, 3.63) is 28.8 Å². The summed E-state index contributed by atoms with van der Waals surface area (Å²) in [7, 11) is 0. The summed E-state index contributed by atoms with van der Waals surface area (Å²) >= 11 is 5.68. The Morgan fingerprint density at radius 1 is 1.56 bits per heavy atom. The fourth-order valence-electron chi connectivity index (χ4n) is 1.36. The molecule has 0 amide bonds. The molecule has 0 bridgehead atoms. The third-order valence-corrected chi connectivity index (χ3v) is 2.56. The van der Waals surface area contributed by atoms with E-state index >= 15 is 0 Å². The van der Waals surface area contributed by atoms with E-state index in [1.807, 2.05) is 0 Å². The van der Waals surface area contributed by atoms with Crippen LogP contribution in [0.15, 0.2) is 18.2 Å². The van der Waals surface area contributed by atoms with E-state index in [4.69, 9.17) is 23.1 Å². The third kappa shape index (κ3) is 2.88. The molecule has 18 heavy (non-hydrogen) atoms. The summed E-state index contributed by atoms with van der Waals surface area (Å²) in [4.78, 5) is 11.1. The van der Waals surface area contributed by atoms with Gasteiger partial charge in [-0.1, -0.05) is 11.6 Å². The van der Waals surface area contributed by atoms with Gasteiger partial charge in [-0.25, -0.2) is 4.79 Å². The summed E-state index contributed by atoms with van der Waals surface area (Å²) in [6, 6.07) is 2.08. The van der Waals surface area contributed by atoms with Crippen LogP contribution in [0.25, 0.3) is 0 Å². The lowest BCUT2D eigenvalue weighted by Gasteiger charge is -2.23. The van der Waals surface area contributed by atoms with Crippen molar-refractivity contribution in [2.24, 2.45) is 5.73 Å². The fourth-order valence-corrected chi connectivity index (χ4v) is 1.55. The van der Waals surface area contributed by atoms with Crippen molar-refractivity contribution >= 4 is 23.3 Å². The number of nitrogens with two attached hydrogens (primary N) is 2. The second kappa shape index (κ2) is 5.49. The lowest BCUT2D eigenvalue weighted by Crippen LogP contribution is -2.42. The van der Waals surface area contributed by atoms with Crippen LogP contribution in [0.1, 0.15) is 18.5 Å². The zero-order valence-corrected chi connectivity index (χ0v) is 10.4. The number of nitrogen functional groups attached to an aromatic ring is 1. The second-order valence-corrected chi connectivity index (χ2v) is 4.03. The van der Waals surface area contributed by atoms with Gasteiger partial charge >= 0.3 is 11.9 Å². The van der Waals surface area contributed by atoms with E-state index in [2.05, 4.69) is 4.74 Å². The summed E-state index contributed by atoms with van der Waals surface area (Å²) in [6.07, 6.45) is 0. The van der Waals surface area contributed by atoms with Crippen molar-refractivity contribution in [2.75, 3.05) is 12.3 Å². The van der Waals surface area contributed by atoms with Crippen LogP contribution in [0.4, 0.5) is 14.5 Å². The van der Waals surface area contributed by atoms with Gasteiger partial charge in [-0.15, -0.1) is 0 Å². The largest absolute Gasteiger partial charge is 0.462 e. The molecule has 1 aromatic rings. The van der Waals surface area contributed by atoms with Crippen LogP contribution in [-0.4, -0.2) is 18.5 Å². The van der Waals surface area contributed by atoms with E-state index < -0.39 is 17.9 Å². The normalized spacial score (nSPS) is 13.2. The Labute approximate surface area is 108 Å². The number of halogens is 3. The Morgan fingerprint density at radius 2 is 2.17 bits per heavy atom. The molecule has 0 fully saturated rings. The lowest BCUT2D eigenvalue weighted by atomic mass is 10.00. The number of carbonyl (C=O) groups is 1. The molecule has 0 saturated carbocycles. The monoisotopic (exact) mass is 278 g/mol. The minimum Gasteiger partial charge on any atom is -0.462 e. The van der Waals surface area contributed by atoms with Gasteiger partial charge in [0.2, 0.25) is 0 Å². The van der Waals surface area contributed by atoms with Gasteiger partial charge in [-0.2, -0.15) is 8.78 Å². The van der Waals surface area contributed by atoms with Gasteiger partial charge < -0.3 is 16.2 Å². The lowest BCUT2D eigenvalue weighted by molar-refractivity contribution is -0.174. The molecule has 0 aliphatic rings. The molecule has 0 unspecified atom stereocenters. The third-order valence-electron chi connectivity index (χ3n) is 2.32. The molecule has 1 aromatic carbocycles. The number of esters is 1. The number of hydrogen-bond donors (Lipinski definition) is 2. The van der Waals surface area contributed by atoms with Crippen LogP contribution in [0.5, 0.6) is 0 Å². The molecule has 100 valence electrons. The highest BCUT2D eigenvalue weighted by Gasteiger charge is 2.48. The second-order valence-electron chi connectivity index (χ2n) is 3.59. The molecule has 0 aliphatic carbocycles. The summed E-state index contributed by atoms with van der Waals surface area (Å²) in [6.45, 7) is 1.26. The Balaban J connectivity index is 3.08. The summed E-state index contributed by atoms with van der Waals surface area (Å²) in [5.74, 6) is -5.55. The van der Waals surface area contributed by atoms with Crippen LogP contribution in [0.2, 0.25) is 5.02 Å². The molecule has 4 nitrogen and oxygen atoms in total. The Morgan fingerprint density at radius 3 is 2.72 bits per heavy atom. The van der Waals surface area contributed by atoms with Crippen LogP contribution >= 0.6 is 11.6 Å². The van der Waals surface area contributed by atoms with Crippen molar-refractivity contribution in [3.63, 3.8) is 0 Å². The maximum atomic E-state index is 13.7. The van der Waals surface area contributed by atoms with E-state index in [0.29, 0.717) is 0 Å².